The topological polar surface area (TPSA) is 23.5 Å². The SMILES string of the molecule is C=CCN1C(C)(C)CC(O)CC12CCCCC2. The summed E-state index contributed by atoms with van der Waals surface area (Å²) in [7, 11) is 0. The number of piperidine rings is 1. The number of nitrogens with zero attached hydrogens (tertiary/aromatic N) is 1. The highest BCUT2D eigenvalue weighted by Gasteiger charge is 2.49. The van der Waals surface area contributed by atoms with Crippen LogP contribution in [0.5, 0.6) is 0 Å². The van der Waals surface area contributed by atoms with Gasteiger partial charge in [0.05, 0.1) is 6.10 Å². The van der Waals surface area contributed by atoms with Crippen LogP contribution >= 0.6 is 0 Å². The fourth-order valence-corrected chi connectivity index (χ4v) is 4.20. The highest BCUT2D eigenvalue weighted by molar-refractivity contribution is 5.06. The molecular formula is C15H27NO. The van der Waals surface area contributed by atoms with Crippen molar-refractivity contribution >= 4 is 0 Å². The van der Waals surface area contributed by atoms with Crippen molar-refractivity contribution < 1.29 is 5.11 Å². The van der Waals surface area contributed by atoms with Crippen LogP contribution in [0.3, 0.4) is 0 Å². The van der Waals surface area contributed by atoms with Crippen LogP contribution in [0, 0.1) is 0 Å². The second-order valence-electron chi connectivity index (χ2n) is 6.56. The Bertz CT molecular complexity index is 279. The van der Waals surface area contributed by atoms with Crippen molar-refractivity contribution in [3.05, 3.63) is 12.7 Å². The molecule has 1 saturated heterocycles. The van der Waals surface area contributed by atoms with Gasteiger partial charge in [0.1, 0.15) is 0 Å². The van der Waals surface area contributed by atoms with Gasteiger partial charge in [0, 0.05) is 17.6 Å². The molecule has 0 radical (unpaired) electrons. The van der Waals surface area contributed by atoms with E-state index in [9.17, 15) is 5.11 Å². The molecule has 1 atom stereocenters. The van der Waals surface area contributed by atoms with E-state index in [1.54, 1.807) is 0 Å². The van der Waals surface area contributed by atoms with Gasteiger partial charge in [0.25, 0.3) is 0 Å². The van der Waals surface area contributed by atoms with Crippen LogP contribution in [0.1, 0.15) is 58.8 Å². The van der Waals surface area contributed by atoms with Gasteiger partial charge in [-0.2, -0.15) is 0 Å². The number of aliphatic hydroxyl groups excluding tert-OH is 1. The lowest BCUT2D eigenvalue weighted by Crippen LogP contribution is -2.64. The zero-order valence-electron chi connectivity index (χ0n) is 11.4. The highest BCUT2D eigenvalue weighted by atomic mass is 16.3. The number of hydrogen-bond acceptors (Lipinski definition) is 2. The molecule has 0 aromatic rings. The van der Waals surface area contributed by atoms with Crippen LogP contribution in [0.15, 0.2) is 12.7 Å². The van der Waals surface area contributed by atoms with E-state index in [0.717, 1.165) is 19.4 Å². The minimum Gasteiger partial charge on any atom is -0.393 e. The fourth-order valence-electron chi connectivity index (χ4n) is 4.20. The van der Waals surface area contributed by atoms with E-state index in [2.05, 4.69) is 25.3 Å². The third-order valence-corrected chi connectivity index (χ3v) is 4.75. The predicted molar refractivity (Wildman–Crippen MR) is 72.0 cm³/mol. The quantitative estimate of drug-likeness (QED) is 0.746. The second kappa shape index (κ2) is 4.74. The lowest BCUT2D eigenvalue weighted by molar-refractivity contribution is -0.104. The molecule has 2 fully saturated rings. The van der Waals surface area contributed by atoms with Crippen molar-refractivity contribution in [1.29, 1.82) is 0 Å². The Balaban J connectivity index is 2.27. The molecule has 0 amide bonds. The average molecular weight is 237 g/mol. The van der Waals surface area contributed by atoms with Gasteiger partial charge in [-0.25, -0.2) is 0 Å². The molecule has 1 unspecified atom stereocenters. The van der Waals surface area contributed by atoms with Gasteiger partial charge >= 0.3 is 0 Å². The van der Waals surface area contributed by atoms with Crippen LogP contribution in [-0.2, 0) is 0 Å². The molecule has 1 aliphatic carbocycles. The summed E-state index contributed by atoms with van der Waals surface area (Å²) < 4.78 is 0. The largest absolute Gasteiger partial charge is 0.393 e. The molecule has 0 bridgehead atoms. The third kappa shape index (κ3) is 2.43. The summed E-state index contributed by atoms with van der Waals surface area (Å²) in [4.78, 5) is 2.62. The summed E-state index contributed by atoms with van der Waals surface area (Å²) in [5.41, 5.74) is 0.344. The molecule has 98 valence electrons. The molecule has 1 saturated carbocycles. The minimum absolute atomic E-state index is 0.100. The Morgan fingerprint density at radius 2 is 1.88 bits per heavy atom. The van der Waals surface area contributed by atoms with Crippen molar-refractivity contribution in [1.82, 2.24) is 4.90 Å². The summed E-state index contributed by atoms with van der Waals surface area (Å²) in [5, 5.41) is 10.2. The molecule has 2 aliphatic rings. The van der Waals surface area contributed by atoms with Gasteiger partial charge in [0.15, 0.2) is 0 Å². The number of hydrogen-bond donors (Lipinski definition) is 1. The molecule has 0 aromatic carbocycles. The first-order chi connectivity index (χ1) is 8.00. The Hall–Kier alpha value is -0.340. The number of rotatable bonds is 2. The smallest absolute Gasteiger partial charge is 0.0575 e. The van der Waals surface area contributed by atoms with Gasteiger partial charge in [0.2, 0.25) is 0 Å². The number of likely N-dealkylation sites (tertiary alicyclic amines) is 1. The van der Waals surface area contributed by atoms with Crippen molar-refractivity contribution in [3.63, 3.8) is 0 Å². The Morgan fingerprint density at radius 3 is 2.47 bits per heavy atom. The fraction of sp³-hybridized carbons (Fsp3) is 0.867. The van der Waals surface area contributed by atoms with Crippen molar-refractivity contribution in [2.24, 2.45) is 0 Å². The molecule has 0 aromatic heterocycles. The molecule has 2 nitrogen and oxygen atoms in total. The van der Waals surface area contributed by atoms with Crippen LogP contribution < -0.4 is 0 Å². The van der Waals surface area contributed by atoms with Crippen LogP contribution in [0.4, 0.5) is 0 Å². The first-order valence-electron chi connectivity index (χ1n) is 7.07. The van der Waals surface area contributed by atoms with Gasteiger partial charge < -0.3 is 5.11 Å². The van der Waals surface area contributed by atoms with Gasteiger partial charge in [-0.1, -0.05) is 25.3 Å². The van der Waals surface area contributed by atoms with E-state index in [1.165, 1.54) is 32.1 Å². The van der Waals surface area contributed by atoms with E-state index >= 15 is 0 Å². The molecule has 2 heteroatoms. The molecule has 2 rings (SSSR count). The summed E-state index contributed by atoms with van der Waals surface area (Å²) in [6, 6.07) is 0. The molecule has 1 spiro atoms. The minimum atomic E-state index is -0.121. The summed E-state index contributed by atoms with van der Waals surface area (Å²) in [5.74, 6) is 0. The van der Waals surface area contributed by atoms with E-state index in [0.29, 0.717) is 0 Å². The summed E-state index contributed by atoms with van der Waals surface area (Å²) in [6.45, 7) is 9.42. The Morgan fingerprint density at radius 1 is 1.24 bits per heavy atom. The molecule has 1 N–H and O–H groups in total. The maximum absolute atomic E-state index is 10.2. The first kappa shape index (κ1) is 13.1. The average Bonchev–Trinajstić information content (AvgIpc) is 2.24. The second-order valence-corrected chi connectivity index (χ2v) is 6.56. The Kier molecular flexibility index (Phi) is 3.65. The predicted octanol–water partition coefficient (Wildman–Crippen LogP) is 3.11. The van der Waals surface area contributed by atoms with Crippen LogP contribution in [0.2, 0.25) is 0 Å². The van der Waals surface area contributed by atoms with Gasteiger partial charge in [-0.3, -0.25) is 4.90 Å². The van der Waals surface area contributed by atoms with Gasteiger partial charge in [-0.05, 0) is 39.5 Å². The molecule has 1 heterocycles. The zero-order chi connectivity index (χ0) is 12.5. The number of aliphatic hydroxyl groups is 1. The van der Waals surface area contributed by atoms with Crippen LogP contribution in [0.25, 0.3) is 0 Å². The lowest BCUT2D eigenvalue weighted by Gasteiger charge is -2.58. The van der Waals surface area contributed by atoms with Crippen molar-refractivity contribution in [2.75, 3.05) is 6.54 Å². The summed E-state index contributed by atoms with van der Waals surface area (Å²) >= 11 is 0. The molecule has 1 aliphatic heterocycles. The molecular weight excluding hydrogens is 210 g/mol. The maximum Gasteiger partial charge on any atom is 0.0575 e. The standard InChI is InChI=1S/C15H27NO/c1-4-10-16-14(2,3)11-13(17)12-15(16)8-6-5-7-9-15/h4,13,17H,1,5-12H2,2-3H3. The highest BCUT2D eigenvalue weighted by Crippen LogP contribution is 2.46. The van der Waals surface area contributed by atoms with Crippen molar-refractivity contribution in [2.45, 2.75) is 76.0 Å². The summed E-state index contributed by atoms with van der Waals surface area (Å²) in [6.07, 6.45) is 10.3. The lowest BCUT2D eigenvalue weighted by atomic mass is 9.69. The van der Waals surface area contributed by atoms with Gasteiger partial charge in [-0.15, -0.1) is 6.58 Å². The van der Waals surface area contributed by atoms with E-state index < -0.39 is 0 Å². The monoisotopic (exact) mass is 237 g/mol. The zero-order valence-corrected chi connectivity index (χ0v) is 11.4. The van der Waals surface area contributed by atoms with E-state index in [-0.39, 0.29) is 17.2 Å². The normalized spacial score (nSPS) is 32.5. The van der Waals surface area contributed by atoms with Crippen LogP contribution in [-0.4, -0.2) is 33.7 Å². The molecule has 17 heavy (non-hydrogen) atoms. The van der Waals surface area contributed by atoms with E-state index in [1.807, 2.05) is 6.08 Å². The Labute approximate surface area is 106 Å². The first-order valence-corrected chi connectivity index (χ1v) is 7.07. The van der Waals surface area contributed by atoms with E-state index in [4.69, 9.17) is 0 Å². The van der Waals surface area contributed by atoms with Crippen molar-refractivity contribution in [3.8, 4) is 0 Å². The maximum atomic E-state index is 10.2. The third-order valence-electron chi connectivity index (χ3n) is 4.75.